The summed E-state index contributed by atoms with van der Waals surface area (Å²) in [5.41, 5.74) is 5.13. The lowest BCUT2D eigenvalue weighted by Crippen LogP contribution is -2.35. The van der Waals surface area contributed by atoms with Crippen molar-refractivity contribution >= 4 is 29.2 Å². The molecular formula is C22H23ClN2O. The molecule has 0 radical (unpaired) electrons. The summed E-state index contributed by atoms with van der Waals surface area (Å²) in [4.78, 5) is 15.4. The predicted octanol–water partition coefficient (Wildman–Crippen LogP) is 4.99. The van der Waals surface area contributed by atoms with Crippen LogP contribution in [0.1, 0.15) is 46.9 Å². The summed E-state index contributed by atoms with van der Waals surface area (Å²) in [6.45, 7) is 2.02. The topological polar surface area (TPSA) is 25.2 Å². The Morgan fingerprint density at radius 2 is 1.73 bits per heavy atom. The number of aromatic nitrogens is 1. The summed E-state index contributed by atoms with van der Waals surface area (Å²) < 4.78 is 2.04. The van der Waals surface area contributed by atoms with Crippen molar-refractivity contribution in [2.75, 3.05) is 6.54 Å². The monoisotopic (exact) mass is 366 g/mol. The molecule has 1 aromatic heterocycles. The van der Waals surface area contributed by atoms with Crippen molar-refractivity contribution in [3.05, 3.63) is 71.4 Å². The normalized spacial score (nSPS) is 19.7. The minimum atomic E-state index is 0. The summed E-state index contributed by atoms with van der Waals surface area (Å²) in [6, 6.07) is 19.5. The van der Waals surface area contributed by atoms with Gasteiger partial charge in [0.15, 0.2) is 0 Å². The molecule has 0 fully saturated rings. The average molecular weight is 367 g/mol. The SMILES string of the molecule is Cl.O=C1CCCC2c3c(c4ccccc4n31)CCN2Cc1ccccc1. The molecule has 3 nitrogen and oxygen atoms in total. The molecule has 26 heavy (non-hydrogen) atoms. The molecule has 5 rings (SSSR count). The van der Waals surface area contributed by atoms with Crippen LogP contribution in [0.3, 0.4) is 0 Å². The van der Waals surface area contributed by atoms with Crippen LogP contribution in [0.2, 0.25) is 0 Å². The maximum atomic E-state index is 12.8. The van der Waals surface area contributed by atoms with E-state index in [4.69, 9.17) is 0 Å². The van der Waals surface area contributed by atoms with Crippen molar-refractivity contribution in [2.24, 2.45) is 0 Å². The summed E-state index contributed by atoms with van der Waals surface area (Å²) in [6.07, 6.45) is 3.73. The molecule has 3 aromatic rings. The highest BCUT2D eigenvalue weighted by molar-refractivity contribution is 5.96. The largest absolute Gasteiger partial charge is 0.290 e. The van der Waals surface area contributed by atoms with Crippen LogP contribution < -0.4 is 0 Å². The number of rotatable bonds is 2. The van der Waals surface area contributed by atoms with Crippen LogP contribution in [-0.4, -0.2) is 21.9 Å². The number of hydrogen-bond acceptors (Lipinski definition) is 2. The molecule has 1 unspecified atom stereocenters. The van der Waals surface area contributed by atoms with Gasteiger partial charge in [0.05, 0.1) is 11.6 Å². The van der Waals surface area contributed by atoms with Gasteiger partial charge in [-0.3, -0.25) is 14.3 Å². The zero-order valence-corrected chi connectivity index (χ0v) is 15.5. The molecule has 3 heterocycles. The fraction of sp³-hybridized carbons (Fsp3) is 0.318. The van der Waals surface area contributed by atoms with Crippen molar-refractivity contribution < 1.29 is 4.79 Å². The van der Waals surface area contributed by atoms with Crippen LogP contribution in [0.25, 0.3) is 10.9 Å². The second-order valence-electron chi connectivity index (χ2n) is 7.22. The number of carbonyl (C=O) groups excluding carboxylic acids is 1. The first-order chi connectivity index (χ1) is 12.3. The number of halogens is 1. The molecule has 2 aliphatic heterocycles. The van der Waals surface area contributed by atoms with Crippen LogP contribution in [-0.2, 0) is 13.0 Å². The van der Waals surface area contributed by atoms with Crippen molar-refractivity contribution in [2.45, 2.75) is 38.3 Å². The summed E-state index contributed by atoms with van der Waals surface area (Å²) in [5.74, 6) is 0.265. The van der Waals surface area contributed by atoms with E-state index in [2.05, 4.69) is 53.4 Å². The van der Waals surface area contributed by atoms with E-state index in [1.165, 1.54) is 22.2 Å². The molecule has 0 saturated heterocycles. The fourth-order valence-electron chi connectivity index (χ4n) is 4.68. The first kappa shape index (κ1) is 17.3. The average Bonchev–Trinajstić information content (AvgIpc) is 2.88. The van der Waals surface area contributed by atoms with Gasteiger partial charge >= 0.3 is 0 Å². The first-order valence-electron chi connectivity index (χ1n) is 9.26. The Labute approximate surface area is 160 Å². The Morgan fingerprint density at radius 1 is 0.962 bits per heavy atom. The van der Waals surface area contributed by atoms with Crippen LogP contribution in [0.4, 0.5) is 0 Å². The third kappa shape index (κ3) is 2.67. The van der Waals surface area contributed by atoms with Gasteiger partial charge in [0.2, 0.25) is 5.91 Å². The van der Waals surface area contributed by atoms with E-state index in [-0.39, 0.29) is 18.3 Å². The van der Waals surface area contributed by atoms with Crippen molar-refractivity contribution in [3.63, 3.8) is 0 Å². The van der Waals surface area contributed by atoms with Gasteiger partial charge in [0.25, 0.3) is 0 Å². The minimum Gasteiger partial charge on any atom is -0.290 e. The highest BCUT2D eigenvalue weighted by atomic mass is 35.5. The molecule has 1 atom stereocenters. The molecule has 0 bridgehead atoms. The zero-order valence-electron chi connectivity index (χ0n) is 14.7. The van der Waals surface area contributed by atoms with E-state index in [0.717, 1.165) is 37.9 Å². The quantitative estimate of drug-likeness (QED) is 0.638. The zero-order chi connectivity index (χ0) is 16.8. The van der Waals surface area contributed by atoms with Gasteiger partial charge in [0, 0.05) is 30.6 Å². The van der Waals surface area contributed by atoms with E-state index >= 15 is 0 Å². The van der Waals surface area contributed by atoms with Gasteiger partial charge in [-0.1, -0.05) is 48.5 Å². The van der Waals surface area contributed by atoms with E-state index in [9.17, 15) is 4.79 Å². The number of carbonyl (C=O) groups is 1. The second-order valence-corrected chi connectivity index (χ2v) is 7.22. The number of benzene rings is 2. The Morgan fingerprint density at radius 3 is 2.58 bits per heavy atom. The van der Waals surface area contributed by atoms with Gasteiger partial charge in [-0.05, 0) is 36.5 Å². The van der Waals surface area contributed by atoms with Gasteiger partial charge in [-0.25, -0.2) is 0 Å². The number of fused-ring (bicyclic) bond motifs is 3. The highest BCUT2D eigenvalue weighted by Gasteiger charge is 2.35. The lowest BCUT2D eigenvalue weighted by molar-refractivity contribution is 0.0906. The van der Waals surface area contributed by atoms with Crippen LogP contribution in [0.15, 0.2) is 54.6 Å². The molecule has 134 valence electrons. The smallest absolute Gasteiger partial charge is 0.231 e. The molecule has 2 aliphatic rings. The fourth-order valence-corrected chi connectivity index (χ4v) is 4.68. The molecule has 0 amide bonds. The summed E-state index contributed by atoms with van der Waals surface area (Å²) >= 11 is 0. The Hall–Kier alpha value is -2.10. The number of nitrogens with zero attached hydrogens (tertiary/aromatic N) is 2. The standard InChI is InChI=1S/C22H22N2O.ClH/c25-21-12-6-11-20-22-18(17-9-4-5-10-19(17)24(21)22)13-14-23(20)15-16-7-2-1-3-8-16;/h1-5,7-10,20H,6,11-15H2;1H. The molecule has 2 aromatic carbocycles. The third-order valence-electron chi connectivity index (χ3n) is 5.77. The highest BCUT2D eigenvalue weighted by Crippen LogP contribution is 2.41. The van der Waals surface area contributed by atoms with Crippen molar-refractivity contribution in [1.82, 2.24) is 9.47 Å². The molecule has 0 N–H and O–H groups in total. The Bertz CT molecular complexity index is 947. The maximum Gasteiger partial charge on any atom is 0.231 e. The minimum absolute atomic E-state index is 0. The number of hydrogen-bond donors (Lipinski definition) is 0. The lowest BCUT2D eigenvalue weighted by atomic mass is 9.94. The Kier molecular flexibility index (Phi) is 4.60. The van der Waals surface area contributed by atoms with Crippen LogP contribution >= 0.6 is 12.4 Å². The van der Waals surface area contributed by atoms with E-state index < -0.39 is 0 Å². The van der Waals surface area contributed by atoms with E-state index in [0.29, 0.717) is 12.5 Å². The molecule has 0 aliphatic carbocycles. The third-order valence-corrected chi connectivity index (χ3v) is 5.77. The van der Waals surface area contributed by atoms with Crippen molar-refractivity contribution in [3.8, 4) is 0 Å². The lowest BCUT2D eigenvalue weighted by Gasteiger charge is -2.36. The summed E-state index contributed by atoms with van der Waals surface area (Å²) in [7, 11) is 0. The van der Waals surface area contributed by atoms with Crippen LogP contribution in [0.5, 0.6) is 0 Å². The van der Waals surface area contributed by atoms with Gasteiger partial charge in [-0.15, -0.1) is 12.4 Å². The molecule has 0 spiro atoms. The molecule has 0 saturated carbocycles. The predicted molar refractivity (Wildman–Crippen MR) is 107 cm³/mol. The second kappa shape index (κ2) is 6.90. The number of para-hydroxylation sites is 1. The van der Waals surface area contributed by atoms with E-state index in [1.54, 1.807) is 0 Å². The van der Waals surface area contributed by atoms with Crippen LogP contribution in [0, 0.1) is 0 Å². The van der Waals surface area contributed by atoms with E-state index in [1.807, 2.05) is 10.6 Å². The van der Waals surface area contributed by atoms with Gasteiger partial charge in [-0.2, -0.15) is 0 Å². The maximum absolute atomic E-state index is 12.8. The summed E-state index contributed by atoms with van der Waals surface area (Å²) in [5, 5.41) is 1.28. The molecule has 4 heteroatoms. The first-order valence-corrected chi connectivity index (χ1v) is 9.26. The van der Waals surface area contributed by atoms with Gasteiger partial charge < -0.3 is 0 Å². The Balaban J connectivity index is 0.00000168. The molecular weight excluding hydrogens is 344 g/mol. The van der Waals surface area contributed by atoms with Gasteiger partial charge in [0.1, 0.15) is 0 Å². The van der Waals surface area contributed by atoms with Crippen molar-refractivity contribution in [1.29, 1.82) is 0 Å².